The molecule has 3 rings (SSSR count). The van der Waals surface area contributed by atoms with Crippen LogP contribution in [0.2, 0.25) is 0 Å². The Hall–Kier alpha value is -3.28. The van der Waals surface area contributed by atoms with Gasteiger partial charge in [-0.2, -0.15) is 13.2 Å². The van der Waals surface area contributed by atoms with Crippen LogP contribution in [0, 0.1) is 0 Å². The number of carbonyl (C=O) groups is 1. The highest BCUT2D eigenvalue weighted by molar-refractivity contribution is 5.90. The summed E-state index contributed by atoms with van der Waals surface area (Å²) in [5.74, 6) is -0.302. The summed E-state index contributed by atoms with van der Waals surface area (Å²) in [6.45, 7) is 2.39. The van der Waals surface area contributed by atoms with Crippen molar-refractivity contribution >= 4 is 5.97 Å². The first-order valence-electron chi connectivity index (χ1n) is 11.5. The van der Waals surface area contributed by atoms with Crippen LogP contribution in [0.1, 0.15) is 54.9 Å². The minimum absolute atomic E-state index is 0.0780. The van der Waals surface area contributed by atoms with E-state index >= 15 is 0 Å². The minimum Gasteiger partial charge on any atom is -0.488 e. The summed E-state index contributed by atoms with van der Waals surface area (Å²) in [5, 5.41) is 0. The standard InChI is InChI=1S/C28H29F3O3/c1-2-3-4-8-15-26(28(29,30)31)34-27(32)23-18-16-22(17-19-23)24-13-9-10-14-25(24)33-20-21-11-6-5-7-12-21/h5-7,9-14,16-19,26H,2-4,8,15,20H2,1H3. The normalized spacial score (nSPS) is 12.2. The number of carbonyl (C=O) groups excluding carboxylic acids is 1. The van der Waals surface area contributed by atoms with E-state index < -0.39 is 18.2 Å². The van der Waals surface area contributed by atoms with Gasteiger partial charge in [0.05, 0.1) is 5.56 Å². The average molecular weight is 471 g/mol. The monoisotopic (exact) mass is 470 g/mol. The molecule has 1 unspecified atom stereocenters. The molecule has 0 saturated heterocycles. The first-order valence-corrected chi connectivity index (χ1v) is 11.5. The Labute approximate surface area is 198 Å². The molecule has 6 heteroatoms. The maximum Gasteiger partial charge on any atom is 0.425 e. The number of alkyl halides is 3. The average Bonchev–Trinajstić information content (AvgIpc) is 2.85. The molecule has 0 aliphatic carbocycles. The zero-order valence-corrected chi connectivity index (χ0v) is 19.2. The second kappa shape index (κ2) is 12.3. The molecule has 0 heterocycles. The summed E-state index contributed by atoms with van der Waals surface area (Å²) in [4.78, 5) is 12.4. The molecule has 0 aliphatic rings. The molecule has 180 valence electrons. The Kier molecular flexibility index (Phi) is 9.14. The number of benzene rings is 3. The third-order valence-corrected chi connectivity index (χ3v) is 5.49. The van der Waals surface area contributed by atoms with E-state index in [1.165, 1.54) is 12.1 Å². The van der Waals surface area contributed by atoms with Gasteiger partial charge in [0.2, 0.25) is 0 Å². The van der Waals surface area contributed by atoms with E-state index in [9.17, 15) is 18.0 Å². The van der Waals surface area contributed by atoms with Crippen molar-refractivity contribution in [1.82, 2.24) is 0 Å². The van der Waals surface area contributed by atoms with Gasteiger partial charge in [0, 0.05) is 5.56 Å². The van der Waals surface area contributed by atoms with Gasteiger partial charge in [0.25, 0.3) is 0 Å². The third-order valence-electron chi connectivity index (χ3n) is 5.49. The summed E-state index contributed by atoms with van der Waals surface area (Å²) >= 11 is 0. The number of rotatable bonds is 11. The second-order valence-corrected chi connectivity index (χ2v) is 8.13. The maximum atomic E-state index is 13.3. The van der Waals surface area contributed by atoms with Crippen molar-refractivity contribution < 1.29 is 27.4 Å². The molecule has 1 atom stereocenters. The highest BCUT2D eigenvalue weighted by Gasteiger charge is 2.42. The van der Waals surface area contributed by atoms with Gasteiger partial charge in [0.1, 0.15) is 12.4 Å². The van der Waals surface area contributed by atoms with Gasteiger partial charge >= 0.3 is 12.1 Å². The van der Waals surface area contributed by atoms with Gasteiger partial charge in [-0.3, -0.25) is 0 Å². The predicted octanol–water partition coefficient (Wildman–Crippen LogP) is 7.99. The molecular formula is C28H29F3O3. The minimum atomic E-state index is -4.59. The van der Waals surface area contributed by atoms with Crippen LogP contribution in [-0.2, 0) is 11.3 Å². The van der Waals surface area contributed by atoms with Gasteiger partial charge in [-0.05, 0) is 42.2 Å². The Bertz CT molecular complexity index is 1030. The topological polar surface area (TPSA) is 35.5 Å². The zero-order chi connectivity index (χ0) is 24.4. The van der Waals surface area contributed by atoms with Gasteiger partial charge in [0.15, 0.2) is 6.10 Å². The van der Waals surface area contributed by atoms with Crippen LogP contribution in [0.3, 0.4) is 0 Å². The smallest absolute Gasteiger partial charge is 0.425 e. The maximum absolute atomic E-state index is 13.3. The number of esters is 1. The molecule has 0 aliphatic heterocycles. The van der Waals surface area contributed by atoms with Crippen LogP contribution in [-0.4, -0.2) is 18.2 Å². The molecule has 0 saturated carbocycles. The first kappa shape index (κ1) is 25.3. The van der Waals surface area contributed by atoms with E-state index in [-0.39, 0.29) is 12.0 Å². The van der Waals surface area contributed by atoms with E-state index in [0.717, 1.165) is 29.5 Å². The number of hydrogen-bond donors (Lipinski definition) is 0. The van der Waals surface area contributed by atoms with Crippen LogP contribution >= 0.6 is 0 Å². The lowest BCUT2D eigenvalue weighted by Gasteiger charge is -2.20. The molecule has 0 spiro atoms. The van der Waals surface area contributed by atoms with E-state index in [1.807, 2.05) is 61.5 Å². The quantitative estimate of drug-likeness (QED) is 0.210. The van der Waals surface area contributed by atoms with Crippen molar-refractivity contribution in [1.29, 1.82) is 0 Å². The lowest BCUT2D eigenvalue weighted by atomic mass is 10.0. The number of halogens is 3. The second-order valence-electron chi connectivity index (χ2n) is 8.13. The number of para-hydroxylation sites is 1. The van der Waals surface area contributed by atoms with Crippen molar-refractivity contribution in [2.24, 2.45) is 0 Å². The molecule has 0 aromatic heterocycles. The summed E-state index contributed by atoms with van der Waals surface area (Å²) < 4.78 is 50.9. The molecule has 0 amide bonds. The van der Waals surface area contributed by atoms with E-state index in [2.05, 4.69) is 0 Å². The van der Waals surface area contributed by atoms with Crippen LogP contribution in [0.25, 0.3) is 11.1 Å². The number of ether oxygens (including phenoxy) is 2. The predicted molar refractivity (Wildman–Crippen MR) is 127 cm³/mol. The Morgan fingerprint density at radius 3 is 2.21 bits per heavy atom. The molecule has 0 bridgehead atoms. The molecule has 0 N–H and O–H groups in total. The van der Waals surface area contributed by atoms with Crippen molar-refractivity contribution in [2.45, 2.75) is 57.9 Å². The SMILES string of the molecule is CCCCCCC(OC(=O)c1ccc(-c2ccccc2OCc2ccccc2)cc1)C(F)(F)F. The van der Waals surface area contributed by atoms with Crippen molar-refractivity contribution in [3.05, 3.63) is 90.0 Å². The molecular weight excluding hydrogens is 441 g/mol. The van der Waals surface area contributed by atoms with Crippen LogP contribution in [0.4, 0.5) is 13.2 Å². The van der Waals surface area contributed by atoms with Gasteiger partial charge in [-0.15, -0.1) is 0 Å². The fourth-order valence-electron chi connectivity index (χ4n) is 3.60. The van der Waals surface area contributed by atoms with Crippen molar-refractivity contribution in [3.63, 3.8) is 0 Å². The molecule has 0 radical (unpaired) electrons. The largest absolute Gasteiger partial charge is 0.488 e. The van der Waals surface area contributed by atoms with Crippen LogP contribution in [0.15, 0.2) is 78.9 Å². The van der Waals surface area contributed by atoms with Crippen LogP contribution in [0.5, 0.6) is 5.75 Å². The van der Waals surface area contributed by atoms with E-state index in [1.54, 1.807) is 12.1 Å². The van der Waals surface area contributed by atoms with E-state index in [4.69, 9.17) is 9.47 Å². The summed E-state index contributed by atoms with van der Waals surface area (Å²) in [5.41, 5.74) is 2.72. The summed E-state index contributed by atoms with van der Waals surface area (Å²) in [7, 11) is 0. The number of hydrogen-bond acceptors (Lipinski definition) is 3. The molecule has 0 fully saturated rings. The lowest BCUT2D eigenvalue weighted by molar-refractivity contribution is -0.206. The number of unbranched alkanes of at least 4 members (excludes halogenated alkanes) is 3. The Balaban J connectivity index is 1.68. The van der Waals surface area contributed by atoms with Gasteiger partial charge < -0.3 is 9.47 Å². The molecule has 34 heavy (non-hydrogen) atoms. The summed E-state index contributed by atoms with van der Waals surface area (Å²) in [6.07, 6.45) is -4.08. The fraction of sp³-hybridized carbons (Fsp3) is 0.321. The Morgan fingerprint density at radius 1 is 0.853 bits per heavy atom. The van der Waals surface area contributed by atoms with E-state index in [0.29, 0.717) is 25.2 Å². The highest BCUT2D eigenvalue weighted by atomic mass is 19.4. The van der Waals surface area contributed by atoms with Gasteiger partial charge in [-0.1, -0.05) is 86.8 Å². The molecule has 3 nitrogen and oxygen atoms in total. The first-order chi connectivity index (χ1) is 16.4. The molecule has 3 aromatic rings. The van der Waals surface area contributed by atoms with Crippen LogP contribution < -0.4 is 4.74 Å². The Morgan fingerprint density at radius 2 is 1.53 bits per heavy atom. The van der Waals surface area contributed by atoms with Crippen molar-refractivity contribution in [3.8, 4) is 16.9 Å². The van der Waals surface area contributed by atoms with Gasteiger partial charge in [-0.25, -0.2) is 4.79 Å². The van der Waals surface area contributed by atoms with Crippen molar-refractivity contribution in [2.75, 3.05) is 0 Å². The highest BCUT2D eigenvalue weighted by Crippen LogP contribution is 2.32. The third kappa shape index (κ3) is 7.37. The lowest BCUT2D eigenvalue weighted by Crippen LogP contribution is -2.33. The fourth-order valence-corrected chi connectivity index (χ4v) is 3.60. The summed E-state index contributed by atoms with van der Waals surface area (Å²) in [6, 6.07) is 23.6. The zero-order valence-electron chi connectivity index (χ0n) is 19.2. The molecule has 3 aromatic carbocycles.